The van der Waals surface area contributed by atoms with Gasteiger partial charge in [-0.15, -0.1) is 0 Å². The molecule has 2 heterocycles. The van der Waals surface area contributed by atoms with Crippen molar-refractivity contribution < 1.29 is 18.7 Å². The molecule has 0 aliphatic carbocycles. The van der Waals surface area contributed by atoms with Gasteiger partial charge in [-0.05, 0) is 6.07 Å². The first kappa shape index (κ1) is 7.60. The van der Waals surface area contributed by atoms with E-state index in [0.29, 0.717) is 0 Å². The van der Waals surface area contributed by atoms with Gasteiger partial charge in [-0.2, -0.15) is 0 Å². The minimum atomic E-state index is -1.30. The Balaban J connectivity index is 2.84. The highest BCUT2D eigenvalue weighted by Crippen LogP contribution is 2.23. The predicted octanol–water partition coefficient (Wildman–Crippen LogP) is 1.04. The summed E-state index contributed by atoms with van der Waals surface area (Å²) in [6.45, 7) is 0. The van der Waals surface area contributed by atoms with E-state index in [4.69, 9.17) is 9.52 Å². The van der Waals surface area contributed by atoms with Gasteiger partial charge in [0.25, 0.3) is 0 Å². The Morgan fingerprint density at radius 1 is 1.46 bits per heavy atom. The number of hydrogen-bond acceptors (Lipinski definition) is 4. The van der Waals surface area contributed by atoms with Crippen LogP contribution in [0.4, 0.5) is 0 Å². The fraction of sp³-hybridized carbons (Fsp3) is 0. The fourth-order valence-corrected chi connectivity index (χ4v) is 1.10. The lowest BCUT2D eigenvalue weighted by Gasteiger charge is -1.92. The summed E-state index contributed by atoms with van der Waals surface area (Å²) in [7, 11) is 0. The summed E-state index contributed by atoms with van der Waals surface area (Å²) < 4.78 is 9.34. The van der Waals surface area contributed by atoms with Gasteiger partial charge in [0.05, 0.1) is 6.26 Å². The normalized spacial score (nSPS) is 10.5. The van der Waals surface area contributed by atoms with E-state index >= 15 is 0 Å². The molecule has 0 saturated heterocycles. The molecular formula is C8H4O5. The molecule has 66 valence electrons. The second kappa shape index (κ2) is 2.48. The Bertz CT molecular complexity index is 478. The molecule has 0 spiro atoms. The zero-order chi connectivity index (χ0) is 9.42. The molecule has 0 fully saturated rings. The van der Waals surface area contributed by atoms with Crippen molar-refractivity contribution >= 4 is 5.97 Å². The van der Waals surface area contributed by atoms with Crippen LogP contribution in [0, 0.1) is 0 Å². The van der Waals surface area contributed by atoms with Gasteiger partial charge in [-0.25, -0.2) is 9.59 Å². The molecule has 0 radical (unpaired) electrons. The summed E-state index contributed by atoms with van der Waals surface area (Å²) in [6.07, 6.45) is 2.47. The molecule has 0 unspecified atom stereocenters. The second-order valence-electron chi connectivity index (χ2n) is 2.40. The average molecular weight is 180 g/mol. The molecule has 2 aliphatic rings. The number of hydrogen-bond donors (Lipinski definition) is 1. The number of aromatic carboxylic acids is 1. The molecule has 1 N–H and O–H groups in total. The van der Waals surface area contributed by atoms with E-state index in [9.17, 15) is 9.59 Å². The first-order chi connectivity index (χ1) is 6.20. The van der Waals surface area contributed by atoms with E-state index in [2.05, 4.69) is 4.42 Å². The standard InChI is InChI=1S/C8H4O5/c9-7(10)6-4-1-2-12-3-5(4)13-8(6)11/h1-3H,(H,9,10). The number of fused-ring (bicyclic) bond motifs is 1. The highest BCUT2D eigenvalue weighted by molar-refractivity contribution is 5.95. The molecule has 0 aromatic heterocycles. The van der Waals surface area contributed by atoms with Gasteiger partial charge in [0.15, 0.2) is 11.3 Å². The molecule has 2 aliphatic heterocycles. The van der Waals surface area contributed by atoms with Crippen molar-refractivity contribution in [1.29, 1.82) is 0 Å². The van der Waals surface area contributed by atoms with Crippen LogP contribution >= 0.6 is 0 Å². The molecule has 0 aromatic rings. The molecule has 5 heteroatoms. The zero-order valence-corrected chi connectivity index (χ0v) is 6.31. The average Bonchev–Trinajstić information content (AvgIpc) is 2.39. The number of carbonyl (C=O) groups is 1. The number of carboxylic acids is 1. The smallest absolute Gasteiger partial charge is 0.351 e. The van der Waals surface area contributed by atoms with Gasteiger partial charge >= 0.3 is 11.6 Å². The summed E-state index contributed by atoms with van der Waals surface area (Å²) in [6, 6.07) is 1.38. The van der Waals surface area contributed by atoms with E-state index in [1.54, 1.807) is 0 Å². The van der Waals surface area contributed by atoms with Gasteiger partial charge in [-0.3, -0.25) is 0 Å². The van der Waals surface area contributed by atoms with Gasteiger partial charge in [0, 0.05) is 5.56 Å². The monoisotopic (exact) mass is 180 g/mol. The molecule has 0 bridgehead atoms. The van der Waals surface area contributed by atoms with Crippen molar-refractivity contribution in [2.75, 3.05) is 0 Å². The minimum absolute atomic E-state index is 0.143. The first-order valence-electron chi connectivity index (χ1n) is 3.42. The van der Waals surface area contributed by atoms with Crippen LogP contribution in [0.15, 0.2) is 32.2 Å². The number of furan rings is 1. The van der Waals surface area contributed by atoms with E-state index < -0.39 is 11.6 Å². The summed E-state index contributed by atoms with van der Waals surface area (Å²) >= 11 is 0. The van der Waals surface area contributed by atoms with E-state index in [-0.39, 0.29) is 16.9 Å². The van der Waals surface area contributed by atoms with Crippen LogP contribution < -0.4 is 5.63 Å². The highest BCUT2D eigenvalue weighted by atomic mass is 16.4. The Labute approximate surface area is 71.5 Å². The van der Waals surface area contributed by atoms with Crippen LogP contribution in [0.1, 0.15) is 10.4 Å². The van der Waals surface area contributed by atoms with Crippen molar-refractivity contribution in [1.82, 2.24) is 0 Å². The maximum Gasteiger partial charge on any atom is 0.351 e. The van der Waals surface area contributed by atoms with Crippen LogP contribution in [0.3, 0.4) is 0 Å². The van der Waals surface area contributed by atoms with Gasteiger partial charge in [-0.1, -0.05) is 0 Å². The summed E-state index contributed by atoms with van der Waals surface area (Å²) in [5, 5.41) is 8.66. The minimum Gasteiger partial charge on any atom is -0.477 e. The second-order valence-corrected chi connectivity index (χ2v) is 2.40. The number of rotatable bonds is 1. The van der Waals surface area contributed by atoms with Crippen molar-refractivity contribution in [3.63, 3.8) is 0 Å². The van der Waals surface area contributed by atoms with Crippen LogP contribution in [-0.4, -0.2) is 11.1 Å². The molecular weight excluding hydrogens is 176 g/mol. The van der Waals surface area contributed by atoms with Crippen LogP contribution in [0.25, 0.3) is 11.3 Å². The van der Waals surface area contributed by atoms with Crippen molar-refractivity contribution in [2.24, 2.45) is 0 Å². The lowest BCUT2D eigenvalue weighted by atomic mass is 10.1. The Morgan fingerprint density at radius 3 is 2.92 bits per heavy atom. The molecule has 2 rings (SSSR count). The van der Waals surface area contributed by atoms with Crippen molar-refractivity contribution in [3.05, 3.63) is 34.6 Å². The van der Waals surface area contributed by atoms with Crippen molar-refractivity contribution in [3.8, 4) is 11.3 Å². The van der Waals surface area contributed by atoms with Crippen LogP contribution in [0.2, 0.25) is 0 Å². The third-order valence-corrected chi connectivity index (χ3v) is 1.64. The highest BCUT2D eigenvalue weighted by Gasteiger charge is 2.23. The third-order valence-electron chi connectivity index (χ3n) is 1.64. The Kier molecular flexibility index (Phi) is 1.45. The molecule has 0 aromatic carbocycles. The van der Waals surface area contributed by atoms with E-state index in [1.165, 1.54) is 18.6 Å². The molecule has 13 heavy (non-hydrogen) atoms. The lowest BCUT2D eigenvalue weighted by molar-refractivity contribution is 0.0695. The SMILES string of the molecule is O=C(O)c1c2ccocc-2oc1=O. The van der Waals surface area contributed by atoms with Gasteiger partial charge < -0.3 is 13.9 Å². The quantitative estimate of drug-likeness (QED) is 0.708. The van der Waals surface area contributed by atoms with Gasteiger partial charge in [0.1, 0.15) is 6.26 Å². The van der Waals surface area contributed by atoms with Gasteiger partial charge in [0.2, 0.25) is 0 Å². The summed E-state index contributed by atoms with van der Waals surface area (Å²) in [4.78, 5) is 21.6. The zero-order valence-electron chi connectivity index (χ0n) is 6.31. The van der Waals surface area contributed by atoms with Crippen LogP contribution in [0.5, 0.6) is 0 Å². The molecule has 0 atom stereocenters. The molecule has 5 nitrogen and oxygen atoms in total. The van der Waals surface area contributed by atoms with Crippen LogP contribution in [-0.2, 0) is 0 Å². The summed E-state index contributed by atoms with van der Waals surface area (Å²) in [5.74, 6) is -1.15. The first-order valence-corrected chi connectivity index (χ1v) is 3.42. The lowest BCUT2D eigenvalue weighted by Crippen LogP contribution is -2.08. The third kappa shape index (κ3) is 1.01. The molecule has 0 amide bonds. The maximum absolute atomic E-state index is 11.0. The fourth-order valence-electron chi connectivity index (χ4n) is 1.10. The Hall–Kier alpha value is -2.04. The predicted molar refractivity (Wildman–Crippen MR) is 40.8 cm³/mol. The molecule has 0 saturated carbocycles. The maximum atomic E-state index is 11.0. The summed E-state index contributed by atoms with van der Waals surface area (Å²) in [5.41, 5.74) is -0.960. The largest absolute Gasteiger partial charge is 0.477 e. The Morgan fingerprint density at radius 2 is 2.23 bits per heavy atom. The number of carboxylic acid groups (broad SMARTS) is 1. The topological polar surface area (TPSA) is 80.7 Å². The van der Waals surface area contributed by atoms with E-state index in [0.717, 1.165) is 0 Å². The van der Waals surface area contributed by atoms with Crippen molar-refractivity contribution in [2.45, 2.75) is 0 Å². The van der Waals surface area contributed by atoms with E-state index in [1.807, 2.05) is 0 Å².